The molecule has 0 aliphatic heterocycles. The molecule has 0 aliphatic rings. The molecule has 6 nitrogen and oxygen atoms in total. The van der Waals surface area contributed by atoms with Crippen molar-refractivity contribution in [1.29, 1.82) is 0 Å². The lowest BCUT2D eigenvalue weighted by molar-refractivity contribution is -0.143. The minimum Gasteiger partial charge on any atom is -0.383 e. The van der Waals surface area contributed by atoms with Gasteiger partial charge >= 0.3 is 0 Å². The molecule has 0 aliphatic carbocycles. The Bertz CT molecular complexity index is 571. The summed E-state index contributed by atoms with van der Waals surface area (Å²) in [5.41, 5.74) is 1.06. The number of unbranched alkanes of at least 4 members (excludes halogenated alkanes) is 2. The molecule has 0 aromatic carbocycles. The predicted octanol–water partition coefficient (Wildman–Crippen LogP) is 3.21. The van der Waals surface area contributed by atoms with E-state index in [0.717, 1.165) is 31.4 Å². The number of aryl methyl sites for hydroxylation is 1. The van der Waals surface area contributed by atoms with Crippen LogP contribution in [0.3, 0.4) is 0 Å². The molecule has 0 radical (unpaired) electrons. The van der Waals surface area contributed by atoms with Gasteiger partial charge in [0.25, 0.3) is 0 Å². The van der Waals surface area contributed by atoms with Gasteiger partial charge in [-0.05, 0) is 31.9 Å². The fourth-order valence-electron chi connectivity index (χ4n) is 2.98. The Hall–Kier alpha value is -1.82. The molecule has 1 heterocycles. The van der Waals surface area contributed by atoms with E-state index in [0.29, 0.717) is 26.1 Å². The number of amides is 2. The molecule has 27 heavy (non-hydrogen) atoms. The van der Waals surface area contributed by atoms with Crippen molar-refractivity contribution in [2.24, 2.45) is 7.05 Å². The van der Waals surface area contributed by atoms with E-state index in [4.69, 9.17) is 4.74 Å². The van der Waals surface area contributed by atoms with Gasteiger partial charge in [0.15, 0.2) is 0 Å². The van der Waals surface area contributed by atoms with Crippen molar-refractivity contribution in [3.05, 3.63) is 24.0 Å². The Morgan fingerprint density at radius 1 is 1.22 bits per heavy atom. The van der Waals surface area contributed by atoms with Crippen LogP contribution >= 0.6 is 0 Å². The molecule has 0 fully saturated rings. The molecule has 0 spiro atoms. The third-order valence-corrected chi connectivity index (χ3v) is 5.07. The number of hydrogen-bond acceptors (Lipinski definition) is 3. The van der Waals surface area contributed by atoms with Gasteiger partial charge in [-0.3, -0.25) is 9.59 Å². The Labute approximate surface area is 164 Å². The molecule has 6 heteroatoms. The highest BCUT2D eigenvalue weighted by molar-refractivity contribution is 5.85. The highest BCUT2D eigenvalue weighted by Crippen LogP contribution is 2.12. The second-order valence-electron chi connectivity index (χ2n) is 7.15. The van der Waals surface area contributed by atoms with Crippen LogP contribution in [0.15, 0.2) is 18.3 Å². The maximum atomic E-state index is 13.0. The molecule has 1 unspecified atom stereocenters. The van der Waals surface area contributed by atoms with Gasteiger partial charge in [0.05, 0.1) is 13.2 Å². The second kappa shape index (κ2) is 12.5. The van der Waals surface area contributed by atoms with Gasteiger partial charge in [-0.25, -0.2) is 0 Å². The first-order valence-corrected chi connectivity index (χ1v) is 10.1. The van der Waals surface area contributed by atoms with Crippen LogP contribution in [0.2, 0.25) is 0 Å². The second-order valence-corrected chi connectivity index (χ2v) is 7.15. The van der Waals surface area contributed by atoms with Crippen molar-refractivity contribution in [3.8, 4) is 0 Å². The standard InChI is InChI=1S/C21H37N3O3/c1-6-8-9-12-20(25)24(18(3)7-2)17-21(26)23(14-15-27-5)16-19-11-10-13-22(19)4/h10-11,13,18H,6-9,12,14-17H2,1-5H3. The Morgan fingerprint density at radius 2 is 1.96 bits per heavy atom. The lowest BCUT2D eigenvalue weighted by Gasteiger charge is -2.31. The van der Waals surface area contributed by atoms with E-state index in [2.05, 4.69) is 6.92 Å². The number of carbonyl (C=O) groups is 2. The highest BCUT2D eigenvalue weighted by Gasteiger charge is 2.24. The van der Waals surface area contributed by atoms with Crippen LogP contribution in [-0.4, -0.2) is 59.0 Å². The maximum absolute atomic E-state index is 13.0. The van der Waals surface area contributed by atoms with Gasteiger partial charge < -0.3 is 19.1 Å². The summed E-state index contributed by atoms with van der Waals surface area (Å²) in [5.74, 6) is 0.0501. The first-order valence-electron chi connectivity index (χ1n) is 10.1. The number of rotatable bonds is 13. The van der Waals surface area contributed by atoms with Gasteiger partial charge in [-0.2, -0.15) is 0 Å². The molecule has 154 valence electrons. The van der Waals surface area contributed by atoms with Crippen molar-refractivity contribution < 1.29 is 14.3 Å². The van der Waals surface area contributed by atoms with Crippen LogP contribution in [0.1, 0.15) is 58.6 Å². The number of aromatic nitrogens is 1. The van der Waals surface area contributed by atoms with Crippen molar-refractivity contribution in [2.75, 3.05) is 26.8 Å². The van der Waals surface area contributed by atoms with Gasteiger partial charge in [0, 0.05) is 45.1 Å². The Morgan fingerprint density at radius 3 is 2.52 bits per heavy atom. The number of methoxy groups -OCH3 is 1. The monoisotopic (exact) mass is 379 g/mol. The zero-order valence-corrected chi connectivity index (χ0v) is 17.7. The third-order valence-electron chi connectivity index (χ3n) is 5.07. The van der Waals surface area contributed by atoms with Crippen LogP contribution in [-0.2, 0) is 27.9 Å². The molecular weight excluding hydrogens is 342 g/mol. The molecule has 1 aromatic heterocycles. The van der Waals surface area contributed by atoms with E-state index < -0.39 is 0 Å². The topological polar surface area (TPSA) is 54.8 Å². The van der Waals surface area contributed by atoms with E-state index in [1.807, 2.05) is 43.8 Å². The summed E-state index contributed by atoms with van der Waals surface area (Å²) in [4.78, 5) is 29.2. The zero-order chi connectivity index (χ0) is 20.2. The van der Waals surface area contributed by atoms with Gasteiger partial charge in [0.1, 0.15) is 6.54 Å². The number of nitrogens with zero attached hydrogens (tertiary/aromatic N) is 3. The Balaban J connectivity index is 2.82. The summed E-state index contributed by atoms with van der Waals surface area (Å²) < 4.78 is 7.19. The highest BCUT2D eigenvalue weighted by atomic mass is 16.5. The Kier molecular flexibility index (Phi) is 10.8. The van der Waals surface area contributed by atoms with Crippen LogP contribution in [0, 0.1) is 0 Å². The van der Waals surface area contributed by atoms with Crippen molar-refractivity contribution in [3.63, 3.8) is 0 Å². The first kappa shape index (κ1) is 23.2. The van der Waals surface area contributed by atoms with Crippen molar-refractivity contribution in [1.82, 2.24) is 14.4 Å². The van der Waals surface area contributed by atoms with Crippen molar-refractivity contribution in [2.45, 2.75) is 65.5 Å². The van der Waals surface area contributed by atoms with Crippen LogP contribution < -0.4 is 0 Å². The first-order chi connectivity index (χ1) is 12.9. The number of ether oxygens (including phenoxy) is 1. The largest absolute Gasteiger partial charge is 0.383 e. The summed E-state index contributed by atoms with van der Waals surface area (Å²) in [7, 11) is 3.60. The summed E-state index contributed by atoms with van der Waals surface area (Å²) >= 11 is 0. The van der Waals surface area contributed by atoms with E-state index in [1.54, 1.807) is 16.9 Å². The van der Waals surface area contributed by atoms with Crippen LogP contribution in [0.5, 0.6) is 0 Å². The predicted molar refractivity (Wildman–Crippen MR) is 108 cm³/mol. The molecule has 1 rings (SSSR count). The maximum Gasteiger partial charge on any atom is 0.242 e. The SMILES string of the molecule is CCCCCC(=O)N(CC(=O)N(CCOC)Cc1cccn1C)C(C)CC. The summed E-state index contributed by atoms with van der Waals surface area (Å²) in [6.45, 7) is 7.83. The molecule has 0 bridgehead atoms. The van der Waals surface area contributed by atoms with E-state index >= 15 is 0 Å². The van der Waals surface area contributed by atoms with Crippen LogP contribution in [0.25, 0.3) is 0 Å². The molecule has 1 aromatic rings. The third kappa shape index (κ3) is 7.75. The molecule has 0 saturated heterocycles. The molecule has 0 N–H and O–H groups in total. The lowest BCUT2D eigenvalue weighted by Crippen LogP contribution is -2.47. The fourth-order valence-corrected chi connectivity index (χ4v) is 2.98. The number of carbonyl (C=O) groups excluding carboxylic acids is 2. The van der Waals surface area contributed by atoms with Gasteiger partial charge in [-0.15, -0.1) is 0 Å². The molecular formula is C21H37N3O3. The summed E-state index contributed by atoms with van der Waals surface area (Å²) in [5, 5.41) is 0. The normalized spacial score (nSPS) is 12.0. The minimum atomic E-state index is -0.0302. The average Bonchev–Trinajstić information content (AvgIpc) is 3.06. The summed E-state index contributed by atoms with van der Waals surface area (Å²) in [6, 6.07) is 4.04. The van der Waals surface area contributed by atoms with Crippen molar-refractivity contribution >= 4 is 11.8 Å². The average molecular weight is 380 g/mol. The molecule has 1 atom stereocenters. The van der Waals surface area contributed by atoms with E-state index in [1.165, 1.54) is 0 Å². The number of hydrogen-bond donors (Lipinski definition) is 0. The summed E-state index contributed by atoms with van der Waals surface area (Å²) in [6.07, 6.45) is 6.33. The van der Waals surface area contributed by atoms with Crippen LogP contribution in [0.4, 0.5) is 0 Å². The lowest BCUT2D eigenvalue weighted by atomic mass is 10.1. The van der Waals surface area contributed by atoms with E-state index in [9.17, 15) is 9.59 Å². The fraction of sp³-hybridized carbons (Fsp3) is 0.714. The zero-order valence-electron chi connectivity index (χ0n) is 17.7. The molecule has 0 saturated carbocycles. The quantitative estimate of drug-likeness (QED) is 0.495. The molecule has 2 amide bonds. The van der Waals surface area contributed by atoms with Gasteiger partial charge in [0.2, 0.25) is 11.8 Å². The smallest absolute Gasteiger partial charge is 0.242 e. The van der Waals surface area contributed by atoms with Gasteiger partial charge in [-0.1, -0.05) is 26.7 Å². The minimum absolute atomic E-state index is 0.0302. The van der Waals surface area contributed by atoms with E-state index in [-0.39, 0.29) is 24.4 Å².